The zero-order valence-corrected chi connectivity index (χ0v) is 36.6. The van der Waals surface area contributed by atoms with Crippen molar-refractivity contribution in [1.29, 1.82) is 0 Å². The summed E-state index contributed by atoms with van der Waals surface area (Å²) in [6.07, 6.45) is 37.1. The third-order valence-electron chi connectivity index (χ3n) is 10.2. The molecule has 0 radical (unpaired) electrons. The highest BCUT2D eigenvalue weighted by atomic mass is 16.7. The van der Waals surface area contributed by atoms with E-state index in [1.54, 1.807) is 6.26 Å². The third-order valence-corrected chi connectivity index (χ3v) is 10.2. The summed E-state index contributed by atoms with van der Waals surface area (Å²) in [6, 6.07) is 0. The van der Waals surface area contributed by atoms with Crippen LogP contribution in [0.3, 0.4) is 0 Å². The molecule has 52 heavy (non-hydrogen) atoms. The Balaban J connectivity index is 4.93. The van der Waals surface area contributed by atoms with Gasteiger partial charge >= 0.3 is 0 Å². The average Bonchev–Trinajstić information content (AvgIpc) is 3.08. The van der Waals surface area contributed by atoms with Crippen molar-refractivity contribution in [3.63, 3.8) is 0 Å². The Morgan fingerprint density at radius 1 is 0.500 bits per heavy atom. The molecule has 0 spiro atoms. The van der Waals surface area contributed by atoms with Crippen LogP contribution in [0.4, 0.5) is 0 Å². The first-order chi connectivity index (χ1) is 25.0. The molecule has 5 heteroatoms. The number of ether oxygens (including phenoxy) is 4. The summed E-state index contributed by atoms with van der Waals surface area (Å²) in [6.45, 7) is 21.3. The molecule has 1 N–H and O–H groups in total. The van der Waals surface area contributed by atoms with Crippen molar-refractivity contribution in [1.82, 2.24) is 0 Å². The SMILES string of the molecule is CCC=COCC(O)COCCCC(CCCCCCCCC)C(OCCCCCCCCCC(C)(C)C)OCCCCCCCCCC(C)(C)C. The lowest BCUT2D eigenvalue weighted by Gasteiger charge is -2.28. The largest absolute Gasteiger partial charge is 0.499 e. The third kappa shape index (κ3) is 39.1. The molecule has 0 rings (SSSR count). The van der Waals surface area contributed by atoms with Crippen molar-refractivity contribution in [3.05, 3.63) is 12.3 Å². The Morgan fingerprint density at radius 2 is 0.942 bits per heavy atom. The van der Waals surface area contributed by atoms with E-state index in [0.717, 1.165) is 51.7 Å². The number of rotatable bonds is 39. The molecule has 0 aromatic carbocycles. The first-order valence-electron chi connectivity index (χ1n) is 22.7. The zero-order valence-electron chi connectivity index (χ0n) is 36.6. The molecule has 0 aliphatic carbocycles. The first kappa shape index (κ1) is 51.4. The molecule has 0 fully saturated rings. The molecule has 0 aliphatic heterocycles. The van der Waals surface area contributed by atoms with Gasteiger partial charge in [-0.05, 0) is 62.2 Å². The number of aliphatic hydroxyl groups excluding tert-OH is 1. The second-order valence-electron chi connectivity index (χ2n) is 18.3. The van der Waals surface area contributed by atoms with Gasteiger partial charge in [0, 0.05) is 25.7 Å². The van der Waals surface area contributed by atoms with Gasteiger partial charge in [-0.1, -0.05) is 183 Å². The van der Waals surface area contributed by atoms with Crippen LogP contribution in [0.1, 0.15) is 229 Å². The summed E-state index contributed by atoms with van der Waals surface area (Å²) in [5, 5.41) is 10.2. The van der Waals surface area contributed by atoms with E-state index in [1.807, 2.05) is 6.08 Å². The van der Waals surface area contributed by atoms with Gasteiger partial charge in [-0.25, -0.2) is 0 Å². The summed E-state index contributed by atoms with van der Waals surface area (Å²) in [5.41, 5.74) is 0.926. The highest BCUT2D eigenvalue weighted by Crippen LogP contribution is 2.26. The fourth-order valence-corrected chi connectivity index (χ4v) is 6.83. The standard InChI is InChI=1S/C47H94O5/c1-9-11-13-14-17-22-27-33-43(34-32-38-50-42-44(48)41-49-37-12-10-2)45(51-39-30-25-20-15-18-23-28-35-46(3,4)5)52-40-31-26-21-16-19-24-29-36-47(6,7)8/h12,37,43-45,48H,9-11,13-36,38-42H2,1-8H3. The molecule has 312 valence electrons. The molecule has 0 amide bonds. The van der Waals surface area contributed by atoms with E-state index in [1.165, 1.54) is 135 Å². The highest BCUT2D eigenvalue weighted by molar-refractivity contribution is 4.71. The highest BCUT2D eigenvalue weighted by Gasteiger charge is 2.23. The number of hydrogen-bond acceptors (Lipinski definition) is 5. The van der Waals surface area contributed by atoms with E-state index in [9.17, 15) is 5.11 Å². The van der Waals surface area contributed by atoms with Crippen LogP contribution in [-0.2, 0) is 18.9 Å². The summed E-state index contributed by atoms with van der Waals surface area (Å²) >= 11 is 0. The van der Waals surface area contributed by atoms with Crippen molar-refractivity contribution in [3.8, 4) is 0 Å². The smallest absolute Gasteiger partial charge is 0.160 e. The zero-order chi connectivity index (χ0) is 38.6. The lowest BCUT2D eigenvalue weighted by Crippen LogP contribution is -2.29. The minimum Gasteiger partial charge on any atom is -0.499 e. The number of aliphatic hydroxyl groups is 1. The van der Waals surface area contributed by atoms with Gasteiger partial charge in [-0.15, -0.1) is 0 Å². The predicted molar refractivity (Wildman–Crippen MR) is 226 cm³/mol. The van der Waals surface area contributed by atoms with Crippen LogP contribution in [0.2, 0.25) is 0 Å². The van der Waals surface area contributed by atoms with Crippen LogP contribution in [0.15, 0.2) is 12.3 Å². The number of hydrogen-bond donors (Lipinski definition) is 1. The van der Waals surface area contributed by atoms with Gasteiger partial charge < -0.3 is 24.1 Å². The molecule has 0 saturated carbocycles. The van der Waals surface area contributed by atoms with Crippen LogP contribution in [0.25, 0.3) is 0 Å². The lowest BCUT2D eigenvalue weighted by molar-refractivity contribution is -0.177. The molecular weight excluding hydrogens is 645 g/mol. The van der Waals surface area contributed by atoms with Gasteiger partial charge in [-0.3, -0.25) is 0 Å². The molecule has 0 aliphatic rings. The summed E-state index contributed by atoms with van der Waals surface area (Å²) in [4.78, 5) is 0. The average molecular weight is 739 g/mol. The Labute approximate surface area is 326 Å². The van der Waals surface area contributed by atoms with E-state index < -0.39 is 6.10 Å². The van der Waals surface area contributed by atoms with E-state index >= 15 is 0 Å². The van der Waals surface area contributed by atoms with E-state index in [0.29, 0.717) is 30.0 Å². The fourth-order valence-electron chi connectivity index (χ4n) is 6.83. The summed E-state index contributed by atoms with van der Waals surface area (Å²) in [5.74, 6) is 0.386. The first-order valence-corrected chi connectivity index (χ1v) is 22.7. The predicted octanol–water partition coefficient (Wildman–Crippen LogP) is 14.5. The van der Waals surface area contributed by atoms with Gasteiger partial charge in [0.05, 0.1) is 12.9 Å². The molecule has 0 heterocycles. The second-order valence-corrected chi connectivity index (χ2v) is 18.3. The molecule has 2 unspecified atom stereocenters. The van der Waals surface area contributed by atoms with E-state index in [-0.39, 0.29) is 12.9 Å². The van der Waals surface area contributed by atoms with Crippen LogP contribution in [0.5, 0.6) is 0 Å². The van der Waals surface area contributed by atoms with Gasteiger partial charge in [0.25, 0.3) is 0 Å². The van der Waals surface area contributed by atoms with E-state index in [4.69, 9.17) is 18.9 Å². The number of allylic oxidation sites excluding steroid dienone is 1. The maximum atomic E-state index is 10.2. The van der Waals surface area contributed by atoms with Crippen LogP contribution in [0, 0.1) is 16.7 Å². The number of unbranched alkanes of at least 4 members (excludes halogenated alkanes) is 18. The molecule has 5 nitrogen and oxygen atoms in total. The maximum absolute atomic E-state index is 10.2. The monoisotopic (exact) mass is 739 g/mol. The Bertz CT molecular complexity index is 705. The van der Waals surface area contributed by atoms with Crippen molar-refractivity contribution in [2.75, 3.05) is 33.0 Å². The van der Waals surface area contributed by atoms with Crippen molar-refractivity contribution in [2.45, 2.75) is 241 Å². The molecular formula is C47H94O5. The topological polar surface area (TPSA) is 57.2 Å². The minimum atomic E-state index is -0.601. The summed E-state index contributed by atoms with van der Waals surface area (Å²) < 4.78 is 24.5. The fraction of sp³-hybridized carbons (Fsp3) is 0.957. The van der Waals surface area contributed by atoms with Crippen molar-refractivity contribution in [2.24, 2.45) is 16.7 Å². The van der Waals surface area contributed by atoms with Crippen LogP contribution >= 0.6 is 0 Å². The van der Waals surface area contributed by atoms with Gasteiger partial charge in [0.2, 0.25) is 0 Å². The summed E-state index contributed by atoms with van der Waals surface area (Å²) in [7, 11) is 0. The molecule has 0 saturated heterocycles. The Hall–Kier alpha value is -0.620. The molecule has 2 atom stereocenters. The van der Waals surface area contributed by atoms with Crippen molar-refractivity contribution >= 4 is 0 Å². The molecule has 0 aromatic rings. The van der Waals surface area contributed by atoms with Crippen molar-refractivity contribution < 1.29 is 24.1 Å². The van der Waals surface area contributed by atoms with Gasteiger partial charge in [0.1, 0.15) is 12.7 Å². The molecule has 0 bridgehead atoms. The van der Waals surface area contributed by atoms with Gasteiger partial charge in [0.15, 0.2) is 6.29 Å². The Morgan fingerprint density at radius 3 is 1.42 bits per heavy atom. The second kappa shape index (κ2) is 36.0. The Kier molecular flexibility index (Phi) is 35.6. The molecule has 0 aromatic heterocycles. The van der Waals surface area contributed by atoms with E-state index in [2.05, 4.69) is 55.4 Å². The van der Waals surface area contributed by atoms with Crippen LogP contribution < -0.4 is 0 Å². The lowest BCUT2D eigenvalue weighted by atomic mass is 9.89. The van der Waals surface area contributed by atoms with Crippen LogP contribution in [-0.4, -0.2) is 50.5 Å². The maximum Gasteiger partial charge on any atom is 0.160 e. The van der Waals surface area contributed by atoms with Gasteiger partial charge in [-0.2, -0.15) is 0 Å². The quantitative estimate of drug-likeness (QED) is 0.0387. The minimum absolute atomic E-state index is 0.126. The normalized spacial score (nSPS) is 13.8.